The Labute approximate surface area is 178 Å². The molecule has 160 valence electrons. The van der Waals surface area contributed by atoms with Crippen LogP contribution in [0.3, 0.4) is 0 Å². The number of hydrogen-bond donors (Lipinski definition) is 1. The topological polar surface area (TPSA) is 69.7 Å². The van der Waals surface area contributed by atoms with E-state index in [2.05, 4.69) is 21.8 Å². The van der Waals surface area contributed by atoms with E-state index in [4.69, 9.17) is 0 Å². The largest absolute Gasteiger partial charge is 0.337 e. The zero-order valence-electron chi connectivity index (χ0n) is 17.5. The van der Waals surface area contributed by atoms with E-state index in [-0.39, 0.29) is 18.4 Å². The first-order valence-electron chi connectivity index (χ1n) is 10.5. The molecule has 7 heteroatoms. The second-order valence-electron chi connectivity index (χ2n) is 8.33. The Morgan fingerprint density at radius 2 is 1.87 bits per heavy atom. The third-order valence-corrected chi connectivity index (χ3v) is 7.99. The number of benzene rings is 2. The lowest BCUT2D eigenvalue weighted by Crippen LogP contribution is -2.39. The molecule has 2 atom stereocenters. The van der Waals surface area contributed by atoms with Gasteiger partial charge in [0.1, 0.15) is 5.25 Å². The van der Waals surface area contributed by atoms with Gasteiger partial charge in [0, 0.05) is 13.6 Å². The molecule has 0 unspecified atom stereocenters. The van der Waals surface area contributed by atoms with Gasteiger partial charge in [-0.3, -0.25) is 9.52 Å². The fraction of sp³-hybridized carbons (Fsp3) is 0.435. The second-order valence-corrected chi connectivity index (χ2v) is 10.3. The Morgan fingerprint density at radius 1 is 1.17 bits per heavy atom. The highest BCUT2D eigenvalue weighted by atomic mass is 32.2. The molecule has 1 amide bonds. The first-order chi connectivity index (χ1) is 14.3. The van der Waals surface area contributed by atoms with Crippen molar-refractivity contribution in [3.8, 4) is 0 Å². The van der Waals surface area contributed by atoms with E-state index in [1.54, 1.807) is 13.0 Å². The van der Waals surface area contributed by atoms with Crippen LogP contribution in [0.2, 0.25) is 0 Å². The molecule has 2 aromatic rings. The number of hydrogen-bond acceptors (Lipinski definition) is 4. The lowest BCUT2D eigenvalue weighted by molar-refractivity contribution is -0.131. The van der Waals surface area contributed by atoms with Gasteiger partial charge in [0.15, 0.2) is 0 Å². The summed E-state index contributed by atoms with van der Waals surface area (Å²) in [5.74, 6) is 0.0319. The molecule has 2 aromatic carbocycles. The van der Waals surface area contributed by atoms with Crippen LogP contribution < -0.4 is 4.72 Å². The fourth-order valence-corrected chi connectivity index (χ4v) is 5.57. The van der Waals surface area contributed by atoms with Gasteiger partial charge < -0.3 is 9.80 Å². The number of carbonyl (C=O) groups is 1. The van der Waals surface area contributed by atoms with E-state index in [9.17, 15) is 13.2 Å². The van der Waals surface area contributed by atoms with Crippen LogP contribution >= 0.6 is 0 Å². The summed E-state index contributed by atoms with van der Waals surface area (Å²) in [6, 6.07) is 15.6. The quantitative estimate of drug-likeness (QED) is 0.768. The summed E-state index contributed by atoms with van der Waals surface area (Å²) in [4.78, 5) is 17.5. The standard InChI is InChI=1S/C23H29N3O3S/c1-17-20-14-18(10-11-21(20)24-30(17,28)29)15-23(27)25(2)22(16-26-12-6-7-13-26)19-8-4-3-5-9-19/h3-5,8-11,14,17,22,24H,6-7,12-13,15-16H2,1-2H3/t17-,22+/m0/s1. The number of amides is 1. The number of anilines is 1. The van der Waals surface area contributed by atoms with Gasteiger partial charge in [0.05, 0.1) is 18.2 Å². The number of likely N-dealkylation sites (N-methyl/N-ethyl adjacent to an activating group) is 1. The summed E-state index contributed by atoms with van der Waals surface area (Å²) in [6.07, 6.45) is 2.67. The van der Waals surface area contributed by atoms with E-state index in [1.165, 1.54) is 12.8 Å². The van der Waals surface area contributed by atoms with Crippen LogP contribution in [-0.2, 0) is 21.2 Å². The number of nitrogens with one attached hydrogen (secondary N) is 1. The zero-order valence-corrected chi connectivity index (χ0v) is 18.4. The van der Waals surface area contributed by atoms with Crippen molar-refractivity contribution in [2.24, 2.45) is 0 Å². The average molecular weight is 428 g/mol. The van der Waals surface area contributed by atoms with Crippen LogP contribution in [0.25, 0.3) is 0 Å². The molecule has 2 aliphatic rings. The lowest BCUT2D eigenvalue weighted by atomic mass is 10.0. The van der Waals surface area contributed by atoms with Gasteiger partial charge in [0.25, 0.3) is 0 Å². The minimum atomic E-state index is -3.36. The Morgan fingerprint density at radius 3 is 2.57 bits per heavy atom. The third-order valence-electron chi connectivity index (χ3n) is 6.30. The van der Waals surface area contributed by atoms with Gasteiger partial charge in [-0.2, -0.15) is 0 Å². The van der Waals surface area contributed by atoms with Crippen molar-refractivity contribution in [2.75, 3.05) is 31.4 Å². The molecule has 30 heavy (non-hydrogen) atoms. The van der Waals surface area contributed by atoms with E-state index in [0.29, 0.717) is 5.69 Å². The fourth-order valence-electron chi connectivity index (χ4n) is 4.37. The SMILES string of the molecule is C[C@H]1c2cc(CC(=O)N(C)[C@H](CN3CCCC3)c3ccccc3)ccc2NS1(=O)=O. The van der Waals surface area contributed by atoms with Crippen molar-refractivity contribution < 1.29 is 13.2 Å². The zero-order chi connectivity index (χ0) is 21.3. The van der Waals surface area contributed by atoms with Crippen LogP contribution in [0.1, 0.15) is 47.7 Å². The summed E-state index contributed by atoms with van der Waals surface area (Å²) in [6.45, 7) is 4.66. The van der Waals surface area contributed by atoms with Crippen LogP contribution in [0, 0.1) is 0 Å². The first-order valence-corrected chi connectivity index (χ1v) is 12.1. The van der Waals surface area contributed by atoms with Crippen LogP contribution in [0.15, 0.2) is 48.5 Å². The second kappa shape index (κ2) is 8.40. The molecule has 6 nitrogen and oxygen atoms in total. The van der Waals surface area contributed by atoms with Gasteiger partial charge in [-0.25, -0.2) is 8.42 Å². The van der Waals surface area contributed by atoms with Crippen molar-refractivity contribution in [1.29, 1.82) is 0 Å². The smallest absolute Gasteiger partial charge is 0.239 e. The highest BCUT2D eigenvalue weighted by Gasteiger charge is 2.33. The molecule has 4 rings (SSSR count). The van der Waals surface area contributed by atoms with Crippen LogP contribution in [0.4, 0.5) is 5.69 Å². The Bertz CT molecular complexity index is 1020. The molecule has 0 saturated carbocycles. The average Bonchev–Trinajstić information content (AvgIpc) is 3.33. The van der Waals surface area contributed by atoms with Crippen molar-refractivity contribution in [3.05, 3.63) is 65.2 Å². The van der Waals surface area contributed by atoms with Crippen molar-refractivity contribution >= 4 is 21.6 Å². The predicted molar refractivity (Wildman–Crippen MR) is 119 cm³/mol. The molecule has 0 radical (unpaired) electrons. The van der Waals surface area contributed by atoms with E-state index in [1.807, 2.05) is 42.3 Å². The molecule has 0 bridgehead atoms. The number of likely N-dealkylation sites (tertiary alicyclic amines) is 1. The van der Waals surface area contributed by atoms with Crippen molar-refractivity contribution in [2.45, 2.75) is 37.5 Å². The maximum atomic E-state index is 13.2. The van der Waals surface area contributed by atoms with Gasteiger partial charge >= 0.3 is 0 Å². The van der Waals surface area contributed by atoms with E-state index >= 15 is 0 Å². The number of sulfonamides is 1. The number of rotatable bonds is 6. The van der Waals surface area contributed by atoms with E-state index in [0.717, 1.165) is 36.3 Å². The van der Waals surface area contributed by atoms with Gasteiger partial charge in [-0.1, -0.05) is 42.5 Å². The molecular formula is C23H29N3O3S. The normalized spacial score (nSPS) is 21.1. The molecule has 2 heterocycles. The Kier molecular flexibility index (Phi) is 5.84. The summed E-state index contributed by atoms with van der Waals surface area (Å²) in [7, 11) is -1.49. The number of nitrogens with zero attached hydrogens (tertiary/aromatic N) is 2. The highest BCUT2D eigenvalue weighted by molar-refractivity contribution is 7.93. The molecule has 1 N–H and O–H groups in total. The Balaban J connectivity index is 1.52. The molecular weight excluding hydrogens is 398 g/mol. The van der Waals surface area contributed by atoms with Crippen LogP contribution in [-0.4, -0.2) is 50.8 Å². The maximum Gasteiger partial charge on any atom is 0.239 e. The van der Waals surface area contributed by atoms with Gasteiger partial charge in [0.2, 0.25) is 15.9 Å². The number of carbonyl (C=O) groups excluding carboxylic acids is 1. The molecule has 0 aliphatic carbocycles. The van der Waals surface area contributed by atoms with Crippen molar-refractivity contribution in [3.63, 3.8) is 0 Å². The van der Waals surface area contributed by atoms with Gasteiger partial charge in [-0.05, 0) is 55.6 Å². The maximum absolute atomic E-state index is 13.2. The third kappa shape index (κ3) is 4.23. The monoisotopic (exact) mass is 427 g/mol. The molecule has 0 spiro atoms. The molecule has 2 aliphatic heterocycles. The Hall–Kier alpha value is -2.38. The molecule has 0 aromatic heterocycles. The molecule has 1 saturated heterocycles. The number of fused-ring (bicyclic) bond motifs is 1. The summed E-state index contributed by atoms with van der Waals surface area (Å²) < 4.78 is 26.7. The first kappa shape index (κ1) is 20.9. The van der Waals surface area contributed by atoms with E-state index < -0.39 is 15.3 Å². The lowest BCUT2D eigenvalue weighted by Gasteiger charge is -2.32. The predicted octanol–water partition coefficient (Wildman–Crippen LogP) is 3.34. The summed E-state index contributed by atoms with van der Waals surface area (Å²) >= 11 is 0. The molecule has 1 fully saturated rings. The minimum absolute atomic E-state index is 0.00723. The minimum Gasteiger partial charge on any atom is -0.337 e. The van der Waals surface area contributed by atoms with Crippen molar-refractivity contribution in [1.82, 2.24) is 9.80 Å². The summed E-state index contributed by atoms with van der Waals surface area (Å²) in [5, 5.41) is -0.604. The van der Waals surface area contributed by atoms with Gasteiger partial charge in [-0.15, -0.1) is 0 Å². The summed E-state index contributed by atoms with van der Waals surface area (Å²) in [5.41, 5.74) is 3.32. The highest BCUT2D eigenvalue weighted by Crippen LogP contribution is 2.37. The van der Waals surface area contributed by atoms with Crippen LogP contribution in [0.5, 0.6) is 0 Å².